The van der Waals surface area contributed by atoms with E-state index in [4.69, 9.17) is 5.26 Å². The number of hydrogen-bond donors (Lipinski definition) is 1. The maximum atomic E-state index is 11.0. The number of piperidine rings is 1. The van der Waals surface area contributed by atoms with Gasteiger partial charge in [0.25, 0.3) is 0 Å². The number of ketones is 1. The molecular weight excluding hydrogens is 152 g/mol. The number of carbonyl (C=O) groups is 1. The predicted molar refractivity (Wildman–Crippen MR) is 45.2 cm³/mol. The monoisotopic (exact) mass is 164 g/mol. The summed E-state index contributed by atoms with van der Waals surface area (Å²) in [6.45, 7) is 2.32. The molecule has 1 rings (SSSR count). The summed E-state index contributed by atoms with van der Waals surface area (Å²) in [6, 6.07) is 1.94. The van der Waals surface area contributed by atoms with Crippen molar-refractivity contribution in [1.29, 1.82) is 5.26 Å². The first-order valence-corrected chi connectivity index (χ1v) is 4.13. The van der Waals surface area contributed by atoms with Crippen molar-refractivity contribution in [2.75, 3.05) is 6.54 Å². The van der Waals surface area contributed by atoms with Gasteiger partial charge in [-0.25, -0.2) is 0 Å². The zero-order valence-electron chi connectivity index (χ0n) is 7.18. The highest BCUT2D eigenvalue weighted by Gasteiger charge is 2.13. The molecule has 1 heterocycles. The van der Waals surface area contributed by atoms with Crippen LogP contribution >= 0.6 is 0 Å². The Morgan fingerprint density at radius 2 is 2.33 bits per heavy atom. The van der Waals surface area contributed by atoms with Gasteiger partial charge in [-0.15, -0.1) is 0 Å². The highest BCUT2D eigenvalue weighted by atomic mass is 16.1. The lowest BCUT2D eigenvalue weighted by molar-refractivity contribution is -0.113. The van der Waals surface area contributed by atoms with E-state index in [2.05, 4.69) is 5.32 Å². The highest BCUT2D eigenvalue weighted by Crippen LogP contribution is 2.14. The molecule has 0 bridgehead atoms. The maximum absolute atomic E-state index is 11.0. The van der Waals surface area contributed by atoms with Crippen molar-refractivity contribution in [2.24, 2.45) is 0 Å². The first-order valence-electron chi connectivity index (χ1n) is 4.13. The molecule has 1 N–H and O–H groups in total. The number of hydrogen-bond acceptors (Lipinski definition) is 3. The van der Waals surface area contributed by atoms with Gasteiger partial charge in [-0.1, -0.05) is 0 Å². The van der Waals surface area contributed by atoms with E-state index in [-0.39, 0.29) is 5.78 Å². The van der Waals surface area contributed by atoms with E-state index in [9.17, 15) is 4.79 Å². The van der Waals surface area contributed by atoms with Crippen LogP contribution in [0.25, 0.3) is 0 Å². The fourth-order valence-corrected chi connectivity index (χ4v) is 1.33. The van der Waals surface area contributed by atoms with Gasteiger partial charge < -0.3 is 5.32 Å². The van der Waals surface area contributed by atoms with Crippen molar-refractivity contribution < 1.29 is 4.79 Å². The van der Waals surface area contributed by atoms with Crippen LogP contribution in [-0.4, -0.2) is 12.3 Å². The molecule has 0 unspecified atom stereocenters. The fourth-order valence-electron chi connectivity index (χ4n) is 1.33. The molecule has 1 fully saturated rings. The van der Waals surface area contributed by atoms with Crippen molar-refractivity contribution in [1.82, 2.24) is 5.32 Å². The molecule has 0 aliphatic carbocycles. The summed E-state index contributed by atoms with van der Waals surface area (Å²) >= 11 is 0. The van der Waals surface area contributed by atoms with E-state index in [0.29, 0.717) is 5.57 Å². The molecule has 64 valence electrons. The highest BCUT2D eigenvalue weighted by molar-refractivity contribution is 5.97. The van der Waals surface area contributed by atoms with Gasteiger partial charge in [0.15, 0.2) is 5.78 Å². The Bertz CT molecular complexity index is 252. The summed E-state index contributed by atoms with van der Waals surface area (Å²) in [4.78, 5) is 11.0. The van der Waals surface area contributed by atoms with Crippen molar-refractivity contribution in [3.05, 3.63) is 11.3 Å². The second kappa shape index (κ2) is 3.91. The van der Waals surface area contributed by atoms with Gasteiger partial charge in [-0.05, 0) is 26.2 Å². The lowest BCUT2D eigenvalue weighted by Gasteiger charge is -2.17. The van der Waals surface area contributed by atoms with E-state index in [1.54, 1.807) is 0 Å². The molecule has 0 spiro atoms. The van der Waals surface area contributed by atoms with Crippen LogP contribution in [0, 0.1) is 11.3 Å². The zero-order chi connectivity index (χ0) is 8.97. The number of allylic oxidation sites excluding steroid dienone is 2. The van der Waals surface area contributed by atoms with Crippen molar-refractivity contribution in [2.45, 2.75) is 26.2 Å². The molecule has 0 aromatic rings. The van der Waals surface area contributed by atoms with Gasteiger partial charge in [-0.3, -0.25) is 4.79 Å². The molecule has 0 aromatic heterocycles. The second-order valence-electron chi connectivity index (χ2n) is 2.91. The third-order valence-electron chi connectivity index (χ3n) is 1.96. The Hall–Kier alpha value is -1.30. The van der Waals surface area contributed by atoms with E-state index < -0.39 is 0 Å². The fraction of sp³-hybridized carbons (Fsp3) is 0.556. The lowest BCUT2D eigenvalue weighted by Crippen LogP contribution is -2.22. The third kappa shape index (κ3) is 1.85. The number of Topliss-reactive ketones (excluding diaryl/α,β-unsaturated/α-hetero) is 1. The molecule has 1 aliphatic rings. The minimum absolute atomic E-state index is 0.137. The van der Waals surface area contributed by atoms with Crippen molar-refractivity contribution in [3.63, 3.8) is 0 Å². The molecule has 3 nitrogen and oxygen atoms in total. The standard InChI is InChI=1S/C9H12N2O/c1-7(12)8(6-10)9-4-2-3-5-11-9/h11H,2-5H2,1H3. The molecule has 0 aromatic carbocycles. The van der Waals surface area contributed by atoms with Gasteiger partial charge in [0.2, 0.25) is 0 Å². The van der Waals surface area contributed by atoms with E-state index in [0.717, 1.165) is 31.5 Å². The van der Waals surface area contributed by atoms with E-state index in [1.807, 2.05) is 6.07 Å². The predicted octanol–water partition coefficient (Wildman–Crippen LogP) is 1.13. The first kappa shape index (κ1) is 8.79. The maximum Gasteiger partial charge on any atom is 0.172 e. The Labute approximate surface area is 72.1 Å². The minimum atomic E-state index is -0.137. The van der Waals surface area contributed by atoms with Crippen LogP contribution in [0.3, 0.4) is 0 Å². The van der Waals surface area contributed by atoms with E-state index >= 15 is 0 Å². The van der Waals surface area contributed by atoms with Crippen molar-refractivity contribution in [3.8, 4) is 6.07 Å². The lowest BCUT2D eigenvalue weighted by atomic mass is 10.0. The molecule has 3 heteroatoms. The summed E-state index contributed by atoms with van der Waals surface area (Å²) in [5, 5.41) is 11.8. The number of carbonyl (C=O) groups excluding carboxylic acids is 1. The summed E-state index contributed by atoms with van der Waals surface area (Å²) < 4.78 is 0. The summed E-state index contributed by atoms with van der Waals surface area (Å²) in [5.74, 6) is -0.137. The number of nitrogens with one attached hydrogen (secondary N) is 1. The van der Waals surface area contributed by atoms with Gasteiger partial charge in [-0.2, -0.15) is 5.26 Å². The van der Waals surface area contributed by atoms with Gasteiger partial charge >= 0.3 is 0 Å². The number of nitriles is 1. The smallest absolute Gasteiger partial charge is 0.172 e. The number of rotatable bonds is 1. The number of nitrogens with zero attached hydrogens (tertiary/aromatic N) is 1. The minimum Gasteiger partial charge on any atom is -0.387 e. The van der Waals surface area contributed by atoms with Crippen LogP contribution in [0.5, 0.6) is 0 Å². The van der Waals surface area contributed by atoms with Crippen LogP contribution in [0.15, 0.2) is 11.3 Å². The Kier molecular flexibility index (Phi) is 2.87. The normalized spacial score (nSPS) is 20.7. The third-order valence-corrected chi connectivity index (χ3v) is 1.96. The molecule has 0 saturated carbocycles. The Balaban J connectivity index is 2.84. The van der Waals surface area contributed by atoms with Gasteiger partial charge in [0, 0.05) is 12.2 Å². The van der Waals surface area contributed by atoms with Crippen LogP contribution in [0.2, 0.25) is 0 Å². The zero-order valence-corrected chi connectivity index (χ0v) is 7.18. The van der Waals surface area contributed by atoms with Crippen LogP contribution in [-0.2, 0) is 4.79 Å². The topological polar surface area (TPSA) is 52.9 Å². The average Bonchev–Trinajstić information content (AvgIpc) is 2.07. The van der Waals surface area contributed by atoms with Gasteiger partial charge in [0.1, 0.15) is 11.6 Å². The summed E-state index contributed by atoms with van der Waals surface area (Å²) in [6.07, 6.45) is 3.03. The van der Waals surface area contributed by atoms with E-state index in [1.165, 1.54) is 6.92 Å². The Morgan fingerprint density at radius 1 is 1.58 bits per heavy atom. The molecule has 1 saturated heterocycles. The molecule has 0 radical (unpaired) electrons. The largest absolute Gasteiger partial charge is 0.387 e. The molecule has 0 amide bonds. The van der Waals surface area contributed by atoms with Crippen LogP contribution in [0.4, 0.5) is 0 Å². The molecule has 0 atom stereocenters. The Morgan fingerprint density at radius 3 is 2.75 bits per heavy atom. The second-order valence-corrected chi connectivity index (χ2v) is 2.91. The van der Waals surface area contributed by atoms with Crippen LogP contribution < -0.4 is 5.32 Å². The quantitative estimate of drug-likeness (QED) is 0.467. The first-order chi connectivity index (χ1) is 5.75. The van der Waals surface area contributed by atoms with Crippen molar-refractivity contribution >= 4 is 5.78 Å². The molecule has 12 heavy (non-hydrogen) atoms. The SMILES string of the molecule is CC(=O)C(C#N)=C1CCCCN1. The summed E-state index contributed by atoms with van der Waals surface area (Å²) in [5.41, 5.74) is 1.13. The van der Waals surface area contributed by atoms with Gasteiger partial charge in [0.05, 0.1) is 0 Å². The molecule has 1 aliphatic heterocycles. The average molecular weight is 164 g/mol. The summed E-state index contributed by atoms with van der Waals surface area (Å²) in [7, 11) is 0. The molecular formula is C9H12N2O. The van der Waals surface area contributed by atoms with Crippen LogP contribution in [0.1, 0.15) is 26.2 Å².